The van der Waals surface area contributed by atoms with Gasteiger partial charge in [-0.3, -0.25) is 10.1 Å². The zero-order chi connectivity index (χ0) is 18.1. The molecule has 0 spiro atoms. The second-order valence-corrected chi connectivity index (χ2v) is 5.09. The molecule has 0 aliphatic heterocycles. The van der Waals surface area contributed by atoms with E-state index in [0.29, 0.717) is 0 Å². The lowest BCUT2D eigenvalue weighted by molar-refractivity contribution is -0.385. The van der Waals surface area contributed by atoms with Gasteiger partial charge in [-0.1, -0.05) is 23.7 Å². The van der Waals surface area contributed by atoms with Crippen molar-refractivity contribution in [3.8, 4) is 11.5 Å². The molecular formula is C14H10ClF3N2O4. The van der Waals surface area contributed by atoms with Crippen LogP contribution in [0.25, 0.3) is 0 Å². The zero-order valence-electron chi connectivity index (χ0n) is 11.7. The first-order chi connectivity index (χ1) is 11.1. The van der Waals surface area contributed by atoms with Gasteiger partial charge >= 0.3 is 6.36 Å². The normalized spacial score (nSPS) is 12.7. The summed E-state index contributed by atoms with van der Waals surface area (Å²) in [6, 6.07) is 5.48. The molecule has 2 aromatic carbocycles. The number of nitro benzene ring substituents is 1. The minimum absolute atomic E-state index is 0.136. The van der Waals surface area contributed by atoms with Gasteiger partial charge in [0.1, 0.15) is 11.5 Å². The zero-order valence-corrected chi connectivity index (χ0v) is 12.5. The second kappa shape index (κ2) is 6.54. The molecule has 24 heavy (non-hydrogen) atoms. The number of phenolic OH excluding ortho intramolecular Hbond substituents is 1. The Balaban J connectivity index is 2.40. The van der Waals surface area contributed by atoms with Crippen molar-refractivity contribution in [2.24, 2.45) is 5.73 Å². The van der Waals surface area contributed by atoms with Gasteiger partial charge in [-0.25, -0.2) is 0 Å². The fourth-order valence-electron chi connectivity index (χ4n) is 2.08. The van der Waals surface area contributed by atoms with Crippen LogP contribution in [0.1, 0.15) is 17.2 Å². The average Bonchev–Trinajstić information content (AvgIpc) is 2.48. The van der Waals surface area contributed by atoms with Crippen molar-refractivity contribution in [3.05, 3.63) is 62.7 Å². The molecule has 2 aromatic rings. The third-order valence-corrected chi connectivity index (χ3v) is 3.43. The number of rotatable bonds is 4. The van der Waals surface area contributed by atoms with E-state index in [-0.39, 0.29) is 16.1 Å². The van der Waals surface area contributed by atoms with Crippen LogP contribution in [0.2, 0.25) is 5.02 Å². The Morgan fingerprint density at radius 1 is 1.21 bits per heavy atom. The summed E-state index contributed by atoms with van der Waals surface area (Å²) in [6.07, 6.45) is -4.84. The van der Waals surface area contributed by atoms with E-state index in [9.17, 15) is 28.4 Å². The van der Waals surface area contributed by atoms with E-state index in [2.05, 4.69) is 4.74 Å². The number of benzene rings is 2. The van der Waals surface area contributed by atoms with E-state index in [4.69, 9.17) is 17.3 Å². The molecule has 2 rings (SSSR count). The van der Waals surface area contributed by atoms with E-state index in [1.807, 2.05) is 0 Å². The van der Waals surface area contributed by atoms with Crippen LogP contribution in [0, 0.1) is 10.1 Å². The maximum Gasteiger partial charge on any atom is 0.573 e. The van der Waals surface area contributed by atoms with Crippen LogP contribution in [0.4, 0.5) is 18.9 Å². The standard InChI is InChI=1S/C14H10ClF3N2O4/c15-9-5-6-10(20(22)23)11(13(9)21)12(19)7-1-3-8(4-2-7)24-14(16,17)18/h1-6,12,21H,19H2/t12-/m0/s1. The number of ether oxygens (including phenoxy) is 1. The van der Waals surface area contributed by atoms with Crippen molar-refractivity contribution in [1.82, 2.24) is 0 Å². The maximum absolute atomic E-state index is 12.1. The van der Waals surface area contributed by atoms with Crippen molar-refractivity contribution >= 4 is 17.3 Å². The maximum atomic E-state index is 12.1. The molecule has 6 nitrogen and oxygen atoms in total. The van der Waals surface area contributed by atoms with Gasteiger partial charge in [0.15, 0.2) is 0 Å². The van der Waals surface area contributed by atoms with Crippen LogP contribution < -0.4 is 10.5 Å². The van der Waals surface area contributed by atoms with Gasteiger partial charge in [-0.15, -0.1) is 13.2 Å². The molecule has 0 aromatic heterocycles. The third kappa shape index (κ3) is 3.87. The van der Waals surface area contributed by atoms with Crippen molar-refractivity contribution in [2.45, 2.75) is 12.4 Å². The second-order valence-electron chi connectivity index (χ2n) is 4.68. The Labute approximate surface area is 138 Å². The van der Waals surface area contributed by atoms with Crippen LogP contribution >= 0.6 is 11.6 Å². The Bertz CT molecular complexity index is 766. The van der Waals surface area contributed by atoms with E-state index in [0.717, 1.165) is 24.3 Å². The molecule has 0 fully saturated rings. The average molecular weight is 363 g/mol. The van der Waals surface area contributed by atoms with Crippen LogP contribution in [0.5, 0.6) is 11.5 Å². The summed E-state index contributed by atoms with van der Waals surface area (Å²) in [6.45, 7) is 0. The highest BCUT2D eigenvalue weighted by Crippen LogP contribution is 2.40. The number of aromatic hydroxyl groups is 1. The lowest BCUT2D eigenvalue weighted by Crippen LogP contribution is -2.17. The van der Waals surface area contributed by atoms with E-state index in [1.54, 1.807) is 0 Å². The summed E-state index contributed by atoms with van der Waals surface area (Å²) < 4.78 is 40.1. The number of nitrogens with zero attached hydrogens (tertiary/aromatic N) is 1. The van der Waals surface area contributed by atoms with Gasteiger partial charge in [0, 0.05) is 6.07 Å². The van der Waals surface area contributed by atoms with Crippen LogP contribution in [-0.4, -0.2) is 16.4 Å². The third-order valence-electron chi connectivity index (χ3n) is 3.13. The van der Waals surface area contributed by atoms with E-state index >= 15 is 0 Å². The van der Waals surface area contributed by atoms with Crippen LogP contribution in [0.15, 0.2) is 36.4 Å². The van der Waals surface area contributed by atoms with Gasteiger partial charge in [-0.05, 0) is 23.8 Å². The number of hydrogen-bond donors (Lipinski definition) is 2. The largest absolute Gasteiger partial charge is 0.573 e. The summed E-state index contributed by atoms with van der Waals surface area (Å²) in [5.74, 6) is -1.03. The molecule has 128 valence electrons. The molecule has 0 saturated heterocycles. The number of hydrogen-bond acceptors (Lipinski definition) is 5. The molecule has 10 heteroatoms. The number of halogens is 4. The highest BCUT2D eigenvalue weighted by atomic mass is 35.5. The van der Waals surface area contributed by atoms with Gasteiger partial charge < -0.3 is 15.6 Å². The topological polar surface area (TPSA) is 98.6 Å². The minimum atomic E-state index is -4.84. The summed E-state index contributed by atoms with van der Waals surface area (Å²) in [4.78, 5) is 10.3. The van der Waals surface area contributed by atoms with Crippen molar-refractivity contribution in [2.75, 3.05) is 0 Å². The van der Waals surface area contributed by atoms with Gasteiger partial charge in [0.25, 0.3) is 5.69 Å². The first-order valence-corrected chi connectivity index (χ1v) is 6.75. The quantitative estimate of drug-likeness (QED) is 0.634. The smallest absolute Gasteiger partial charge is 0.506 e. The minimum Gasteiger partial charge on any atom is -0.506 e. The van der Waals surface area contributed by atoms with Gasteiger partial charge in [0.05, 0.1) is 21.6 Å². The molecule has 0 aliphatic rings. The lowest BCUT2D eigenvalue weighted by atomic mass is 9.97. The molecule has 1 atom stereocenters. The number of nitro groups is 1. The molecule has 0 unspecified atom stereocenters. The van der Waals surface area contributed by atoms with Gasteiger partial charge in [-0.2, -0.15) is 0 Å². The molecule has 0 saturated carbocycles. The van der Waals surface area contributed by atoms with Gasteiger partial charge in [0.2, 0.25) is 0 Å². The number of nitrogens with two attached hydrogens (primary N) is 1. The number of phenols is 1. The van der Waals surface area contributed by atoms with Crippen molar-refractivity contribution < 1.29 is 27.9 Å². The Kier molecular flexibility index (Phi) is 4.86. The monoisotopic (exact) mass is 362 g/mol. The number of alkyl halides is 3. The van der Waals surface area contributed by atoms with Crippen LogP contribution in [-0.2, 0) is 0 Å². The predicted octanol–water partition coefficient (Wildman–Crippen LogP) is 3.90. The summed E-state index contributed by atoms with van der Waals surface area (Å²) in [5, 5.41) is 20.9. The first-order valence-electron chi connectivity index (χ1n) is 6.37. The summed E-state index contributed by atoms with van der Waals surface area (Å²) in [7, 11) is 0. The first kappa shape index (κ1) is 17.8. The fourth-order valence-corrected chi connectivity index (χ4v) is 2.24. The van der Waals surface area contributed by atoms with E-state index < -0.39 is 34.5 Å². The molecule has 0 heterocycles. The van der Waals surface area contributed by atoms with Crippen LogP contribution in [0.3, 0.4) is 0 Å². The lowest BCUT2D eigenvalue weighted by Gasteiger charge is -2.16. The van der Waals surface area contributed by atoms with E-state index in [1.165, 1.54) is 12.1 Å². The molecule has 0 radical (unpaired) electrons. The molecule has 0 aliphatic carbocycles. The fraction of sp³-hybridized carbons (Fsp3) is 0.143. The molecular weight excluding hydrogens is 353 g/mol. The SMILES string of the molecule is N[C@@H](c1ccc(OC(F)(F)F)cc1)c1c([N+](=O)[O-])ccc(Cl)c1O. The Morgan fingerprint density at radius 3 is 2.29 bits per heavy atom. The Hall–Kier alpha value is -2.52. The van der Waals surface area contributed by atoms with Crippen molar-refractivity contribution in [3.63, 3.8) is 0 Å². The summed E-state index contributed by atoms with van der Waals surface area (Å²) in [5.41, 5.74) is 5.45. The molecule has 0 amide bonds. The molecule has 3 N–H and O–H groups in total. The highest BCUT2D eigenvalue weighted by Gasteiger charge is 2.31. The predicted molar refractivity (Wildman–Crippen MR) is 78.9 cm³/mol. The summed E-state index contributed by atoms with van der Waals surface area (Å²) >= 11 is 5.75. The van der Waals surface area contributed by atoms with Crippen molar-refractivity contribution in [1.29, 1.82) is 0 Å². The molecule has 0 bridgehead atoms. The Morgan fingerprint density at radius 2 is 1.79 bits per heavy atom. The highest BCUT2D eigenvalue weighted by molar-refractivity contribution is 6.32.